The summed E-state index contributed by atoms with van der Waals surface area (Å²) in [5, 5.41) is 0. The van der Waals surface area contributed by atoms with Gasteiger partial charge in [0.05, 0.1) is 18.1 Å². The van der Waals surface area contributed by atoms with E-state index < -0.39 is 9.84 Å². The van der Waals surface area contributed by atoms with Crippen LogP contribution in [0.2, 0.25) is 0 Å². The van der Waals surface area contributed by atoms with Crippen LogP contribution in [0.15, 0.2) is 0 Å². The molecule has 2 saturated heterocycles. The van der Waals surface area contributed by atoms with Gasteiger partial charge in [0.25, 0.3) is 0 Å². The van der Waals surface area contributed by atoms with Crippen LogP contribution in [0.4, 0.5) is 0 Å². The summed E-state index contributed by atoms with van der Waals surface area (Å²) >= 11 is 0. The fraction of sp³-hybridized carbons (Fsp3) is 0.929. The van der Waals surface area contributed by atoms with Gasteiger partial charge in [-0.05, 0) is 31.7 Å². The molecule has 0 bridgehead atoms. The molecule has 2 aliphatic rings. The largest absolute Gasteiger partial charge is 0.341 e. The van der Waals surface area contributed by atoms with Crippen molar-refractivity contribution in [2.45, 2.75) is 38.3 Å². The van der Waals surface area contributed by atoms with Gasteiger partial charge in [0, 0.05) is 25.7 Å². The lowest BCUT2D eigenvalue weighted by atomic mass is 9.92. The zero-order chi connectivity index (χ0) is 15.6. The molecule has 0 aromatic rings. The van der Waals surface area contributed by atoms with Crippen LogP contribution in [0.3, 0.4) is 0 Å². The summed E-state index contributed by atoms with van der Waals surface area (Å²) in [6.07, 6.45) is 2.68. The molecule has 0 saturated carbocycles. The Morgan fingerprint density at radius 1 is 1.38 bits per heavy atom. The van der Waals surface area contributed by atoms with E-state index in [1.54, 1.807) is 11.9 Å². The van der Waals surface area contributed by atoms with Crippen molar-refractivity contribution in [2.75, 3.05) is 38.2 Å². The smallest absolute Gasteiger partial charge is 0.236 e. The standard InChI is InChI=1S/C14H27N3O3S/c1-11-3-5-17(13(7-11)8-15)9-14(18)16(2)12-4-6-21(19,20)10-12/h11-13H,3-10,15H2,1-2H3. The minimum atomic E-state index is -2.96. The van der Waals surface area contributed by atoms with Crippen LogP contribution >= 0.6 is 0 Å². The number of carbonyl (C=O) groups excluding carboxylic acids is 1. The molecule has 0 radical (unpaired) electrons. The van der Waals surface area contributed by atoms with Crippen LogP contribution in [-0.2, 0) is 14.6 Å². The average molecular weight is 317 g/mol. The van der Waals surface area contributed by atoms with E-state index in [1.165, 1.54) is 0 Å². The van der Waals surface area contributed by atoms with Crippen LogP contribution < -0.4 is 5.73 Å². The third-order valence-electron chi connectivity index (χ3n) is 4.86. The zero-order valence-electron chi connectivity index (χ0n) is 13.0. The van der Waals surface area contributed by atoms with Crippen molar-refractivity contribution in [3.8, 4) is 0 Å². The normalized spacial score (nSPS) is 33.0. The minimum absolute atomic E-state index is 0.00473. The molecule has 0 aromatic carbocycles. The summed E-state index contributed by atoms with van der Waals surface area (Å²) in [7, 11) is -1.24. The van der Waals surface area contributed by atoms with Crippen molar-refractivity contribution in [3.63, 3.8) is 0 Å². The highest BCUT2D eigenvalue weighted by atomic mass is 32.2. The molecule has 2 N–H and O–H groups in total. The highest BCUT2D eigenvalue weighted by Gasteiger charge is 2.34. The molecule has 7 heteroatoms. The highest BCUT2D eigenvalue weighted by molar-refractivity contribution is 7.91. The first kappa shape index (κ1) is 16.7. The number of likely N-dealkylation sites (tertiary alicyclic amines) is 1. The maximum absolute atomic E-state index is 12.4. The number of rotatable bonds is 4. The minimum Gasteiger partial charge on any atom is -0.341 e. The molecule has 6 nitrogen and oxygen atoms in total. The molecule has 21 heavy (non-hydrogen) atoms. The molecule has 2 rings (SSSR count). The Hall–Kier alpha value is -0.660. The van der Waals surface area contributed by atoms with Crippen LogP contribution in [0, 0.1) is 5.92 Å². The Kier molecular flexibility index (Phi) is 5.27. The number of carbonyl (C=O) groups is 1. The van der Waals surface area contributed by atoms with Crippen molar-refractivity contribution in [1.29, 1.82) is 0 Å². The van der Waals surface area contributed by atoms with Gasteiger partial charge in [-0.25, -0.2) is 8.42 Å². The second-order valence-corrected chi connectivity index (χ2v) is 8.78. The van der Waals surface area contributed by atoms with E-state index in [1.807, 2.05) is 0 Å². The van der Waals surface area contributed by atoms with Crippen LogP contribution in [0.5, 0.6) is 0 Å². The van der Waals surface area contributed by atoms with E-state index in [2.05, 4.69) is 11.8 Å². The van der Waals surface area contributed by atoms with Crippen molar-refractivity contribution < 1.29 is 13.2 Å². The zero-order valence-corrected chi connectivity index (χ0v) is 13.8. The number of nitrogens with two attached hydrogens (primary N) is 1. The van der Waals surface area contributed by atoms with Gasteiger partial charge >= 0.3 is 0 Å². The highest BCUT2D eigenvalue weighted by Crippen LogP contribution is 2.22. The van der Waals surface area contributed by atoms with Crippen LogP contribution in [0.1, 0.15) is 26.2 Å². The molecular weight excluding hydrogens is 290 g/mol. The molecular formula is C14H27N3O3S. The summed E-state index contributed by atoms with van der Waals surface area (Å²) in [4.78, 5) is 16.2. The van der Waals surface area contributed by atoms with Gasteiger partial charge in [-0.1, -0.05) is 6.92 Å². The van der Waals surface area contributed by atoms with Gasteiger partial charge in [0.15, 0.2) is 9.84 Å². The van der Waals surface area contributed by atoms with E-state index >= 15 is 0 Å². The second-order valence-electron chi connectivity index (χ2n) is 6.55. The Morgan fingerprint density at radius 3 is 2.67 bits per heavy atom. The second kappa shape index (κ2) is 6.62. The predicted octanol–water partition coefficient (Wildman–Crippen LogP) is -0.309. The first-order valence-electron chi connectivity index (χ1n) is 7.72. The summed E-state index contributed by atoms with van der Waals surface area (Å²) in [5.74, 6) is 0.960. The third kappa shape index (κ3) is 4.17. The summed E-state index contributed by atoms with van der Waals surface area (Å²) < 4.78 is 23.1. The topological polar surface area (TPSA) is 83.7 Å². The summed E-state index contributed by atoms with van der Waals surface area (Å²) in [6, 6.07) is 0.0981. The summed E-state index contributed by atoms with van der Waals surface area (Å²) in [5.41, 5.74) is 5.82. The Morgan fingerprint density at radius 2 is 2.10 bits per heavy atom. The Labute approximate surface area is 127 Å². The lowest BCUT2D eigenvalue weighted by Crippen LogP contribution is -2.51. The number of amides is 1. The van der Waals surface area contributed by atoms with Crippen molar-refractivity contribution in [2.24, 2.45) is 11.7 Å². The molecule has 3 atom stereocenters. The lowest BCUT2D eigenvalue weighted by Gasteiger charge is -2.38. The maximum Gasteiger partial charge on any atom is 0.236 e. The first-order chi connectivity index (χ1) is 9.82. The van der Waals surface area contributed by atoms with Gasteiger partial charge in [0.2, 0.25) is 5.91 Å². The van der Waals surface area contributed by atoms with E-state index in [-0.39, 0.29) is 29.5 Å². The van der Waals surface area contributed by atoms with E-state index in [9.17, 15) is 13.2 Å². The number of hydrogen-bond acceptors (Lipinski definition) is 5. The number of nitrogens with zero attached hydrogens (tertiary/aromatic N) is 2. The van der Waals surface area contributed by atoms with Crippen molar-refractivity contribution in [1.82, 2.24) is 9.80 Å². The molecule has 3 unspecified atom stereocenters. The lowest BCUT2D eigenvalue weighted by molar-refractivity contribution is -0.133. The van der Waals surface area contributed by atoms with Gasteiger partial charge in [-0.3, -0.25) is 9.69 Å². The number of hydrogen-bond donors (Lipinski definition) is 1. The van der Waals surface area contributed by atoms with Crippen LogP contribution in [-0.4, -0.2) is 74.4 Å². The molecule has 0 aliphatic carbocycles. The molecule has 1 amide bonds. The quantitative estimate of drug-likeness (QED) is 0.769. The van der Waals surface area contributed by atoms with Gasteiger partial charge in [-0.15, -0.1) is 0 Å². The van der Waals surface area contributed by atoms with Gasteiger partial charge in [-0.2, -0.15) is 0 Å². The monoisotopic (exact) mass is 317 g/mol. The molecule has 0 spiro atoms. The Bertz CT molecular complexity index is 480. The van der Waals surface area contributed by atoms with Crippen molar-refractivity contribution >= 4 is 15.7 Å². The maximum atomic E-state index is 12.4. The fourth-order valence-electron chi connectivity index (χ4n) is 3.32. The third-order valence-corrected chi connectivity index (χ3v) is 6.61. The van der Waals surface area contributed by atoms with Crippen molar-refractivity contribution in [3.05, 3.63) is 0 Å². The molecule has 2 fully saturated rings. The number of sulfone groups is 1. The van der Waals surface area contributed by atoms with Gasteiger partial charge in [0.1, 0.15) is 0 Å². The number of likely N-dealkylation sites (N-methyl/N-ethyl adjacent to an activating group) is 1. The van der Waals surface area contributed by atoms with Gasteiger partial charge < -0.3 is 10.6 Å². The summed E-state index contributed by atoms with van der Waals surface area (Å²) in [6.45, 7) is 4.03. The SMILES string of the molecule is CC1CCN(CC(=O)N(C)C2CCS(=O)(=O)C2)C(CN)C1. The van der Waals surface area contributed by atoms with E-state index in [0.29, 0.717) is 25.4 Å². The fourth-order valence-corrected chi connectivity index (χ4v) is 5.10. The van der Waals surface area contributed by atoms with E-state index in [0.717, 1.165) is 19.4 Å². The van der Waals surface area contributed by atoms with Crippen LogP contribution in [0.25, 0.3) is 0 Å². The molecule has 0 aromatic heterocycles. The molecule has 122 valence electrons. The first-order valence-corrected chi connectivity index (χ1v) is 9.54. The average Bonchev–Trinajstić information content (AvgIpc) is 2.80. The molecule has 2 aliphatic heterocycles. The Balaban J connectivity index is 1.91. The number of piperidine rings is 1. The molecule has 2 heterocycles. The predicted molar refractivity (Wildman–Crippen MR) is 82.6 cm³/mol. The van der Waals surface area contributed by atoms with E-state index in [4.69, 9.17) is 5.73 Å².